The molecule has 0 amide bonds. The van der Waals surface area contributed by atoms with Crippen LogP contribution in [0.5, 0.6) is 0 Å². The summed E-state index contributed by atoms with van der Waals surface area (Å²) in [5, 5.41) is 3.46. The Morgan fingerprint density at radius 3 is 2.76 bits per heavy atom. The molecule has 2 saturated carbocycles. The van der Waals surface area contributed by atoms with Crippen LogP contribution >= 0.6 is 0 Å². The van der Waals surface area contributed by atoms with Crippen LogP contribution in [0.15, 0.2) is 15.7 Å². The van der Waals surface area contributed by atoms with Crippen molar-refractivity contribution in [3.05, 3.63) is 32.6 Å². The van der Waals surface area contributed by atoms with Crippen molar-refractivity contribution in [1.82, 2.24) is 15.3 Å². The molecule has 0 radical (unpaired) electrons. The van der Waals surface area contributed by atoms with Crippen LogP contribution in [-0.2, 0) is 6.54 Å². The van der Waals surface area contributed by atoms with Crippen molar-refractivity contribution in [2.24, 2.45) is 11.8 Å². The van der Waals surface area contributed by atoms with E-state index in [-0.39, 0.29) is 5.56 Å². The van der Waals surface area contributed by atoms with Gasteiger partial charge in [-0.2, -0.15) is 0 Å². The molecule has 0 spiro atoms. The highest BCUT2D eigenvalue weighted by atomic mass is 16.2. The highest BCUT2D eigenvalue weighted by molar-refractivity contribution is 5.00. The van der Waals surface area contributed by atoms with E-state index in [2.05, 4.69) is 15.3 Å². The zero-order valence-corrected chi connectivity index (χ0v) is 9.66. The van der Waals surface area contributed by atoms with Crippen LogP contribution in [0.25, 0.3) is 0 Å². The lowest BCUT2D eigenvalue weighted by Gasteiger charge is -2.22. The summed E-state index contributed by atoms with van der Waals surface area (Å²) in [6.07, 6.45) is 5.31. The number of aromatic nitrogens is 2. The third-order valence-corrected chi connectivity index (χ3v) is 4.11. The highest BCUT2D eigenvalue weighted by Gasteiger charge is 2.38. The molecule has 3 N–H and O–H groups in total. The third-order valence-electron chi connectivity index (χ3n) is 4.11. The largest absolute Gasteiger partial charge is 0.325 e. The van der Waals surface area contributed by atoms with E-state index in [1.54, 1.807) is 0 Å². The van der Waals surface area contributed by atoms with Gasteiger partial charge in [-0.15, -0.1) is 0 Å². The van der Waals surface area contributed by atoms with Gasteiger partial charge in [0.25, 0.3) is 5.56 Å². The number of hydrogen-bond acceptors (Lipinski definition) is 3. The second-order valence-electron chi connectivity index (χ2n) is 5.28. The smallest absolute Gasteiger partial charge is 0.310 e. The molecule has 1 heterocycles. The summed E-state index contributed by atoms with van der Waals surface area (Å²) in [7, 11) is 0. The topological polar surface area (TPSA) is 77.8 Å². The van der Waals surface area contributed by atoms with Crippen molar-refractivity contribution in [3.63, 3.8) is 0 Å². The molecular formula is C12H17N3O2. The lowest BCUT2D eigenvalue weighted by molar-refractivity contribution is 0.349. The summed E-state index contributed by atoms with van der Waals surface area (Å²) >= 11 is 0. The standard InChI is InChI=1S/C12H17N3O2/c16-11-5-9(14-12(17)15-11)6-13-10-4-7-1-2-8(10)3-7/h5,7-8,10,13H,1-4,6H2,(H2,14,15,16,17)/t7-,8+,10-/m0/s1. The number of hydrogen-bond donors (Lipinski definition) is 3. The Hall–Kier alpha value is -1.36. The van der Waals surface area contributed by atoms with Crippen LogP contribution in [0.1, 0.15) is 31.4 Å². The minimum absolute atomic E-state index is 0.335. The second-order valence-corrected chi connectivity index (χ2v) is 5.28. The number of rotatable bonds is 3. The Labute approximate surface area is 98.7 Å². The lowest BCUT2D eigenvalue weighted by Crippen LogP contribution is -2.35. The highest BCUT2D eigenvalue weighted by Crippen LogP contribution is 2.44. The van der Waals surface area contributed by atoms with Crippen molar-refractivity contribution < 1.29 is 0 Å². The molecule has 17 heavy (non-hydrogen) atoms. The average molecular weight is 235 g/mol. The monoisotopic (exact) mass is 235 g/mol. The van der Waals surface area contributed by atoms with Crippen molar-refractivity contribution in [2.45, 2.75) is 38.3 Å². The molecule has 1 aromatic rings. The maximum atomic E-state index is 11.1. The van der Waals surface area contributed by atoms with Gasteiger partial charge in [-0.3, -0.25) is 9.78 Å². The molecule has 5 nitrogen and oxygen atoms in total. The third kappa shape index (κ3) is 2.20. The minimum Gasteiger partial charge on any atom is -0.310 e. The Morgan fingerprint density at radius 1 is 1.24 bits per heavy atom. The first-order chi connectivity index (χ1) is 8.20. The average Bonchev–Trinajstić information content (AvgIpc) is 2.86. The van der Waals surface area contributed by atoms with Crippen molar-refractivity contribution >= 4 is 0 Å². The van der Waals surface area contributed by atoms with Gasteiger partial charge in [0.15, 0.2) is 0 Å². The first kappa shape index (κ1) is 10.8. The zero-order chi connectivity index (χ0) is 11.8. The first-order valence-corrected chi connectivity index (χ1v) is 6.26. The Morgan fingerprint density at radius 2 is 2.12 bits per heavy atom. The second kappa shape index (κ2) is 4.14. The van der Waals surface area contributed by atoms with E-state index < -0.39 is 5.69 Å². The Bertz CT molecular complexity index is 491. The van der Waals surface area contributed by atoms with Crippen molar-refractivity contribution in [3.8, 4) is 0 Å². The SMILES string of the molecule is O=c1cc(CN[C@H]2C[C@H]3CC[C@@H]2C3)[nH]c(=O)[nH]1. The molecule has 2 bridgehead atoms. The fraction of sp³-hybridized carbons (Fsp3) is 0.667. The summed E-state index contributed by atoms with van der Waals surface area (Å²) in [6.45, 7) is 0.576. The molecule has 2 fully saturated rings. The fourth-order valence-electron chi connectivity index (χ4n) is 3.35. The number of nitrogens with one attached hydrogen (secondary N) is 3. The van der Waals surface area contributed by atoms with E-state index in [4.69, 9.17) is 0 Å². The molecule has 0 aromatic carbocycles. The summed E-state index contributed by atoms with van der Waals surface area (Å²) in [4.78, 5) is 27.0. The van der Waals surface area contributed by atoms with Crippen LogP contribution in [0.2, 0.25) is 0 Å². The molecule has 5 heteroatoms. The summed E-state index contributed by atoms with van der Waals surface area (Å²) in [5.41, 5.74) is -0.0951. The van der Waals surface area contributed by atoms with Crippen LogP contribution in [-0.4, -0.2) is 16.0 Å². The van der Waals surface area contributed by atoms with E-state index >= 15 is 0 Å². The van der Waals surface area contributed by atoms with Crippen molar-refractivity contribution in [1.29, 1.82) is 0 Å². The molecule has 3 atom stereocenters. The molecular weight excluding hydrogens is 218 g/mol. The quantitative estimate of drug-likeness (QED) is 0.707. The molecule has 0 saturated heterocycles. The van der Waals surface area contributed by atoms with Crippen molar-refractivity contribution in [2.75, 3.05) is 0 Å². The molecule has 92 valence electrons. The van der Waals surface area contributed by atoms with Gasteiger partial charge in [0.1, 0.15) is 0 Å². The van der Waals surface area contributed by atoms with Gasteiger partial charge in [0.05, 0.1) is 0 Å². The molecule has 2 aliphatic carbocycles. The molecule has 1 aromatic heterocycles. The van der Waals surface area contributed by atoms with E-state index in [0.29, 0.717) is 18.3 Å². The van der Waals surface area contributed by atoms with E-state index in [9.17, 15) is 9.59 Å². The Kier molecular flexibility index (Phi) is 2.63. The van der Waals surface area contributed by atoms with Crippen LogP contribution in [0.3, 0.4) is 0 Å². The first-order valence-electron chi connectivity index (χ1n) is 6.26. The summed E-state index contributed by atoms with van der Waals surface area (Å²) in [6, 6.07) is 2.01. The van der Waals surface area contributed by atoms with Gasteiger partial charge in [-0.25, -0.2) is 4.79 Å². The Balaban J connectivity index is 1.64. The van der Waals surface area contributed by atoms with E-state index in [1.165, 1.54) is 31.7 Å². The number of fused-ring (bicyclic) bond motifs is 2. The minimum atomic E-state index is -0.428. The van der Waals surface area contributed by atoms with E-state index in [1.807, 2.05) is 0 Å². The van der Waals surface area contributed by atoms with Gasteiger partial charge < -0.3 is 10.3 Å². The van der Waals surface area contributed by atoms with Gasteiger partial charge in [-0.05, 0) is 31.1 Å². The normalized spacial score (nSPS) is 30.9. The number of H-pyrrole nitrogens is 2. The molecule has 3 rings (SSSR count). The maximum Gasteiger partial charge on any atom is 0.325 e. The van der Waals surface area contributed by atoms with Gasteiger partial charge >= 0.3 is 5.69 Å². The fourth-order valence-corrected chi connectivity index (χ4v) is 3.35. The molecule has 0 aliphatic heterocycles. The van der Waals surface area contributed by atoms with Crippen LogP contribution in [0, 0.1) is 11.8 Å². The van der Waals surface area contributed by atoms with Gasteiger partial charge in [-0.1, -0.05) is 6.42 Å². The van der Waals surface area contributed by atoms with Crippen LogP contribution < -0.4 is 16.6 Å². The van der Waals surface area contributed by atoms with Gasteiger partial charge in [0, 0.05) is 24.3 Å². The van der Waals surface area contributed by atoms with E-state index in [0.717, 1.165) is 11.8 Å². The summed E-state index contributed by atoms with van der Waals surface area (Å²) < 4.78 is 0. The predicted molar refractivity (Wildman–Crippen MR) is 63.8 cm³/mol. The summed E-state index contributed by atoms with van der Waals surface area (Å²) in [5.74, 6) is 1.70. The lowest BCUT2D eigenvalue weighted by atomic mass is 9.95. The predicted octanol–water partition coefficient (Wildman–Crippen LogP) is 0.341. The van der Waals surface area contributed by atoms with Crippen LogP contribution in [0.4, 0.5) is 0 Å². The molecule has 0 unspecified atom stereocenters. The number of aromatic amines is 2. The molecule has 2 aliphatic rings. The maximum absolute atomic E-state index is 11.1. The van der Waals surface area contributed by atoms with Gasteiger partial charge in [0.2, 0.25) is 0 Å². The zero-order valence-electron chi connectivity index (χ0n) is 9.66.